The number of rotatable bonds is 7. The predicted octanol–water partition coefficient (Wildman–Crippen LogP) is 2.24. The molecule has 1 aliphatic rings. The Kier molecular flexibility index (Phi) is 6.17. The number of carbonyl (C=O) groups excluding carboxylic acids is 1. The summed E-state index contributed by atoms with van der Waals surface area (Å²) in [6.45, 7) is 2.79. The summed E-state index contributed by atoms with van der Waals surface area (Å²) in [7, 11) is 0. The van der Waals surface area contributed by atoms with E-state index in [9.17, 15) is 9.18 Å². The van der Waals surface area contributed by atoms with Crippen LogP contribution in [0.3, 0.4) is 0 Å². The van der Waals surface area contributed by atoms with Crippen LogP contribution in [0, 0.1) is 5.82 Å². The van der Waals surface area contributed by atoms with Gasteiger partial charge < -0.3 is 10.6 Å². The standard InChI is InChI=1S/C19H25FN4O/c20-17-8-2-1-5-15(17)6-4-11-22-19(25)14-24-12-9-18(23-24)16-7-3-10-21-13-16/h1-2,5,8-9,12,16,21H,3-4,6-7,10-11,13-14H2,(H,22,25)/t16-/m1/s1. The molecule has 1 atom stereocenters. The lowest BCUT2D eigenvalue weighted by molar-refractivity contribution is -0.121. The Balaban J connectivity index is 1.39. The van der Waals surface area contributed by atoms with Gasteiger partial charge in [-0.25, -0.2) is 4.39 Å². The van der Waals surface area contributed by atoms with Gasteiger partial charge >= 0.3 is 0 Å². The molecule has 1 fully saturated rings. The van der Waals surface area contributed by atoms with Gasteiger partial charge in [0.25, 0.3) is 0 Å². The molecule has 134 valence electrons. The van der Waals surface area contributed by atoms with Crippen molar-refractivity contribution in [3.8, 4) is 0 Å². The largest absolute Gasteiger partial charge is 0.354 e. The number of hydrogen-bond donors (Lipinski definition) is 2. The highest BCUT2D eigenvalue weighted by atomic mass is 19.1. The average molecular weight is 344 g/mol. The summed E-state index contributed by atoms with van der Waals surface area (Å²) in [5.41, 5.74) is 1.74. The first kappa shape index (κ1) is 17.6. The molecular weight excluding hydrogens is 319 g/mol. The lowest BCUT2D eigenvalue weighted by atomic mass is 9.97. The van der Waals surface area contributed by atoms with E-state index in [1.165, 1.54) is 12.5 Å². The second kappa shape index (κ2) is 8.76. The normalized spacial score (nSPS) is 17.4. The number of piperidine rings is 1. The molecule has 2 aromatic rings. The summed E-state index contributed by atoms with van der Waals surface area (Å²) < 4.78 is 15.2. The zero-order valence-electron chi connectivity index (χ0n) is 14.4. The van der Waals surface area contributed by atoms with Crippen LogP contribution in [0.25, 0.3) is 0 Å². The highest BCUT2D eigenvalue weighted by Crippen LogP contribution is 2.21. The molecule has 2 N–H and O–H groups in total. The summed E-state index contributed by atoms with van der Waals surface area (Å²) >= 11 is 0. The Hall–Kier alpha value is -2.21. The summed E-state index contributed by atoms with van der Waals surface area (Å²) in [5.74, 6) is 0.193. The van der Waals surface area contributed by atoms with Gasteiger partial charge in [-0.15, -0.1) is 0 Å². The second-order valence-corrected chi connectivity index (χ2v) is 6.53. The number of halogens is 1. The molecular formula is C19H25FN4O. The first-order valence-corrected chi connectivity index (χ1v) is 8.96. The van der Waals surface area contributed by atoms with Crippen molar-refractivity contribution in [3.05, 3.63) is 53.6 Å². The average Bonchev–Trinajstić information content (AvgIpc) is 3.09. The van der Waals surface area contributed by atoms with Crippen LogP contribution in [-0.2, 0) is 17.8 Å². The Morgan fingerprint density at radius 1 is 1.36 bits per heavy atom. The van der Waals surface area contributed by atoms with Gasteiger partial charge in [-0.2, -0.15) is 5.10 Å². The maximum absolute atomic E-state index is 13.5. The monoisotopic (exact) mass is 344 g/mol. The summed E-state index contributed by atoms with van der Waals surface area (Å²) in [5, 5.41) is 10.8. The van der Waals surface area contributed by atoms with Gasteiger partial charge in [0.2, 0.25) is 5.91 Å². The van der Waals surface area contributed by atoms with E-state index in [2.05, 4.69) is 15.7 Å². The maximum atomic E-state index is 13.5. The number of hydrogen-bond acceptors (Lipinski definition) is 3. The minimum absolute atomic E-state index is 0.0649. The van der Waals surface area contributed by atoms with Crippen LogP contribution < -0.4 is 10.6 Å². The smallest absolute Gasteiger partial charge is 0.241 e. The molecule has 1 aliphatic heterocycles. The molecule has 1 amide bonds. The van der Waals surface area contributed by atoms with Crippen LogP contribution in [0.15, 0.2) is 36.5 Å². The zero-order chi connectivity index (χ0) is 17.5. The first-order valence-electron chi connectivity index (χ1n) is 8.96. The van der Waals surface area contributed by atoms with E-state index < -0.39 is 0 Å². The summed E-state index contributed by atoms with van der Waals surface area (Å²) in [4.78, 5) is 12.0. The number of nitrogens with zero attached hydrogens (tertiary/aromatic N) is 2. The SMILES string of the molecule is O=C(Cn1ccc([C@@H]2CCCNC2)n1)NCCCc1ccccc1F. The molecule has 0 spiro atoms. The van der Waals surface area contributed by atoms with E-state index in [1.807, 2.05) is 18.3 Å². The van der Waals surface area contributed by atoms with Crippen molar-refractivity contribution in [2.45, 2.75) is 38.1 Å². The van der Waals surface area contributed by atoms with Crippen molar-refractivity contribution in [2.75, 3.05) is 19.6 Å². The third-order valence-corrected chi connectivity index (χ3v) is 4.58. The van der Waals surface area contributed by atoms with Gasteiger partial charge in [-0.05, 0) is 49.9 Å². The molecule has 1 aromatic heterocycles. The fraction of sp³-hybridized carbons (Fsp3) is 0.474. The van der Waals surface area contributed by atoms with Crippen molar-refractivity contribution >= 4 is 5.91 Å². The molecule has 0 radical (unpaired) electrons. The lowest BCUT2D eigenvalue weighted by Gasteiger charge is -2.20. The molecule has 6 heteroatoms. The second-order valence-electron chi connectivity index (χ2n) is 6.53. The molecule has 5 nitrogen and oxygen atoms in total. The van der Waals surface area contributed by atoms with Gasteiger partial charge in [0.1, 0.15) is 12.4 Å². The van der Waals surface area contributed by atoms with Crippen LogP contribution in [0.4, 0.5) is 4.39 Å². The van der Waals surface area contributed by atoms with E-state index in [0.717, 1.165) is 25.2 Å². The van der Waals surface area contributed by atoms with Crippen LogP contribution in [0.1, 0.15) is 36.4 Å². The first-order chi connectivity index (χ1) is 12.2. The number of nitrogens with one attached hydrogen (secondary N) is 2. The molecule has 2 heterocycles. The van der Waals surface area contributed by atoms with E-state index in [0.29, 0.717) is 30.9 Å². The maximum Gasteiger partial charge on any atom is 0.241 e. The number of aryl methyl sites for hydroxylation is 1. The third-order valence-electron chi connectivity index (χ3n) is 4.58. The van der Waals surface area contributed by atoms with Gasteiger partial charge in [-0.3, -0.25) is 9.48 Å². The van der Waals surface area contributed by atoms with Crippen molar-refractivity contribution in [2.24, 2.45) is 0 Å². The molecule has 3 rings (SSSR count). The quantitative estimate of drug-likeness (QED) is 0.758. The van der Waals surface area contributed by atoms with E-state index in [-0.39, 0.29) is 18.3 Å². The Labute approximate surface area is 147 Å². The van der Waals surface area contributed by atoms with Crippen molar-refractivity contribution < 1.29 is 9.18 Å². The zero-order valence-corrected chi connectivity index (χ0v) is 14.4. The minimum Gasteiger partial charge on any atom is -0.354 e. The number of amides is 1. The molecule has 0 bridgehead atoms. The molecule has 0 saturated carbocycles. The Morgan fingerprint density at radius 3 is 3.04 bits per heavy atom. The van der Waals surface area contributed by atoms with Crippen LogP contribution >= 0.6 is 0 Å². The molecule has 1 aromatic carbocycles. The molecule has 0 aliphatic carbocycles. The van der Waals surface area contributed by atoms with Gasteiger partial charge in [0.05, 0.1) is 5.69 Å². The molecule has 0 unspecified atom stereocenters. The fourth-order valence-corrected chi connectivity index (χ4v) is 3.20. The van der Waals surface area contributed by atoms with Crippen LogP contribution in [0.5, 0.6) is 0 Å². The van der Waals surface area contributed by atoms with Gasteiger partial charge in [-0.1, -0.05) is 18.2 Å². The predicted molar refractivity (Wildman–Crippen MR) is 94.8 cm³/mol. The van der Waals surface area contributed by atoms with Crippen molar-refractivity contribution in [3.63, 3.8) is 0 Å². The molecule has 25 heavy (non-hydrogen) atoms. The van der Waals surface area contributed by atoms with Crippen LogP contribution in [-0.4, -0.2) is 35.3 Å². The number of benzene rings is 1. The highest BCUT2D eigenvalue weighted by molar-refractivity contribution is 5.75. The van der Waals surface area contributed by atoms with Gasteiger partial charge in [0.15, 0.2) is 0 Å². The lowest BCUT2D eigenvalue weighted by Crippen LogP contribution is -2.30. The number of aromatic nitrogens is 2. The highest BCUT2D eigenvalue weighted by Gasteiger charge is 2.17. The Morgan fingerprint density at radius 2 is 2.24 bits per heavy atom. The van der Waals surface area contributed by atoms with E-state index >= 15 is 0 Å². The van der Waals surface area contributed by atoms with Crippen molar-refractivity contribution in [1.82, 2.24) is 20.4 Å². The van der Waals surface area contributed by atoms with Crippen LogP contribution in [0.2, 0.25) is 0 Å². The van der Waals surface area contributed by atoms with Crippen molar-refractivity contribution in [1.29, 1.82) is 0 Å². The topological polar surface area (TPSA) is 59.0 Å². The van der Waals surface area contributed by atoms with E-state index in [1.54, 1.807) is 16.8 Å². The Bertz CT molecular complexity index is 694. The number of carbonyl (C=O) groups is 1. The van der Waals surface area contributed by atoms with E-state index in [4.69, 9.17) is 0 Å². The summed E-state index contributed by atoms with van der Waals surface area (Å²) in [6, 6.07) is 8.76. The minimum atomic E-state index is -0.185. The molecule has 1 saturated heterocycles. The third kappa shape index (κ3) is 5.13. The summed E-state index contributed by atoms with van der Waals surface area (Å²) in [6.07, 6.45) is 5.51. The fourth-order valence-electron chi connectivity index (χ4n) is 3.20. The van der Waals surface area contributed by atoms with Gasteiger partial charge in [0, 0.05) is 25.2 Å².